The summed E-state index contributed by atoms with van der Waals surface area (Å²) < 4.78 is 0. The summed E-state index contributed by atoms with van der Waals surface area (Å²) in [5.41, 5.74) is 1.10. The summed E-state index contributed by atoms with van der Waals surface area (Å²) in [5, 5.41) is 13.3. The first-order valence-corrected chi connectivity index (χ1v) is 6.24. The van der Waals surface area contributed by atoms with Gasteiger partial charge < -0.3 is 10.4 Å². The molecule has 0 unspecified atom stereocenters. The summed E-state index contributed by atoms with van der Waals surface area (Å²) in [6.07, 6.45) is 0. The van der Waals surface area contributed by atoms with Crippen molar-refractivity contribution in [2.24, 2.45) is 5.41 Å². The van der Waals surface area contributed by atoms with Gasteiger partial charge in [0.25, 0.3) is 0 Å². The molecule has 0 bridgehead atoms. The van der Waals surface area contributed by atoms with Gasteiger partial charge >= 0.3 is 5.97 Å². The number of anilines is 1. The highest BCUT2D eigenvalue weighted by atomic mass is 16.4. The van der Waals surface area contributed by atoms with Crippen molar-refractivity contribution in [1.29, 1.82) is 0 Å². The Morgan fingerprint density at radius 3 is 2.74 bits per heavy atom. The van der Waals surface area contributed by atoms with Crippen LogP contribution in [0.1, 0.15) is 19.4 Å². The second-order valence-corrected chi connectivity index (χ2v) is 5.39. The van der Waals surface area contributed by atoms with Crippen molar-refractivity contribution in [2.45, 2.75) is 20.8 Å². The normalized spacial score (nSPS) is 11.5. The van der Waals surface area contributed by atoms with E-state index in [-0.39, 0.29) is 0 Å². The molecule has 0 saturated heterocycles. The maximum Gasteiger partial charge on any atom is 0.310 e. The van der Waals surface area contributed by atoms with E-state index in [4.69, 9.17) is 5.11 Å². The van der Waals surface area contributed by atoms with E-state index < -0.39 is 11.4 Å². The fraction of sp³-hybridized carbons (Fsp3) is 0.333. The van der Waals surface area contributed by atoms with Gasteiger partial charge in [0.2, 0.25) is 0 Å². The summed E-state index contributed by atoms with van der Waals surface area (Å²) in [6.45, 7) is 5.70. The number of nitrogens with one attached hydrogen (secondary N) is 1. The third kappa shape index (κ3) is 2.84. The number of nitrogens with zero attached hydrogens (tertiary/aromatic N) is 1. The minimum atomic E-state index is -0.821. The molecule has 0 aliphatic rings. The number of carboxylic acid groups (broad SMARTS) is 1. The topological polar surface area (TPSA) is 62.2 Å². The number of aryl methyl sites for hydroxylation is 1. The SMILES string of the molecule is Cc1cc2ccccc2nc1NCC(C)(C)C(=O)O. The number of rotatable bonds is 4. The molecule has 100 valence electrons. The zero-order chi connectivity index (χ0) is 14.0. The Kier molecular flexibility index (Phi) is 3.42. The van der Waals surface area contributed by atoms with Gasteiger partial charge in [0, 0.05) is 11.9 Å². The maximum absolute atomic E-state index is 11.1. The Balaban J connectivity index is 2.26. The lowest BCUT2D eigenvalue weighted by atomic mass is 9.94. The van der Waals surface area contributed by atoms with Crippen molar-refractivity contribution < 1.29 is 9.90 Å². The summed E-state index contributed by atoms with van der Waals surface area (Å²) in [7, 11) is 0. The third-order valence-electron chi connectivity index (χ3n) is 3.19. The minimum absolute atomic E-state index is 0.342. The molecule has 0 aliphatic heterocycles. The highest BCUT2D eigenvalue weighted by Crippen LogP contribution is 2.22. The van der Waals surface area contributed by atoms with Crippen molar-refractivity contribution in [3.05, 3.63) is 35.9 Å². The van der Waals surface area contributed by atoms with Crippen molar-refractivity contribution in [3.8, 4) is 0 Å². The van der Waals surface area contributed by atoms with Gasteiger partial charge in [0.05, 0.1) is 10.9 Å². The third-order valence-corrected chi connectivity index (χ3v) is 3.19. The number of para-hydroxylation sites is 1. The molecule has 1 aromatic carbocycles. The highest BCUT2D eigenvalue weighted by molar-refractivity contribution is 5.81. The highest BCUT2D eigenvalue weighted by Gasteiger charge is 2.27. The zero-order valence-electron chi connectivity index (χ0n) is 11.4. The van der Waals surface area contributed by atoms with Gasteiger partial charge in [0.1, 0.15) is 5.82 Å². The second-order valence-electron chi connectivity index (χ2n) is 5.39. The lowest BCUT2D eigenvalue weighted by Crippen LogP contribution is -2.32. The van der Waals surface area contributed by atoms with Crippen molar-refractivity contribution in [1.82, 2.24) is 4.98 Å². The second kappa shape index (κ2) is 4.88. The Morgan fingerprint density at radius 1 is 1.37 bits per heavy atom. The van der Waals surface area contributed by atoms with E-state index in [1.165, 1.54) is 0 Å². The Labute approximate surface area is 112 Å². The van der Waals surface area contributed by atoms with Crippen LogP contribution >= 0.6 is 0 Å². The van der Waals surface area contributed by atoms with Gasteiger partial charge in [-0.2, -0.15) is 0 Å². The Morgan fingerprint density at radius 2 is 2.05 bits per heavy atom. The molecular weight excluding hydrogens is 240 g/mol. The number of aliphatic carboxylic acids is 1. The number of carbonyl (C=O) groups is 1. The van der Waals surface area contributed by atoms with Crippen LogP contribution in [-0.4, -0.2) is 22.6 Å². The predicted molar refractivity (Wildman–Crippen MR) is 76.4 cm³/mol. The number of carboxylic acids is 1. The van der Waals surface area contributed by atoms with E-state index in [0.29, 0.717) is 6.54 Å². The van der Waals surface area contributed by atoms with Gasteiger partial charge in [-0.3, -0.25) is 4.79 Å². The quantitative estimate of drug-likeness (QED) is 0.884. The average molecular weight is 258 g/mol. The molecule has 2 aromatic rings. The molecule has 0 spiro atoms. The fourth-order valence-corrected chi connectivity index (χ4v) is 1.78. The largest absolute Gasteiger partial charge is 0.481 e. The number of hydrogen-bond donors (Lipinski definition) is 2. The monoisotopic (exact) mass is 258 g/mol. The van der Waals surface area contributed by atoms with Crippen LogP contribution in [0.25, 0.3) is 10.9 Å². The average Bonchev–Trinajstić information content (AvgIpc) is 2.36. The molecule has 1 heterocycles. The molecule has 0 amide bonds. The van der Waals surface area contributed by atoms with Crippen LogP contribution in [0.4, 0.5) is 5.82 Å². The molecule has 2 rings (SSSR count). The molecule has 0 saturated carbocycles. The lowest BCUT2D eigenvalue weighted by molar-refractivity contribution is -0.146. The van der Waals surface area contributed by atoms with Crippen molar-refractivity contribution >= 4 is 22.7 Å². The summed E-state index contributed by atoms with van der Waals surface area (Å²) in [4.78, 5) is 15.6. The van der Waals surface area contributed by atoms with E-state index in [1.54, 1.807) is 13.8 Å². The first-order valence-electron chi connectivity index (χ1n) is 6.24. The van der Waals surface area contributed by atoms with Crippen LogP contribution in [-0.2, 0) is 4.79 Å². The first kappa shape index (κ1) is 13.3. The molecule has 2 N–H and O–H groups in total. The standard InChI is InChI=1S/C15H18N2O2/c1-10-8-11-6-4-5-7-12(11)17-13(10)16-9-15(2,3)14(18)19/h4-8H,9H2,1-3H3,(H,16,17)(H,18,19). The molecule has 0 fully saturated rings. The molecular formula is C15H18N2O2. The first-order chi connectivity index (χ1) is 8.90. The maximum atomic E-state index is 11.1. The number of aromatic nitrogens is 1. The van der Waals surface area contributed by atoms with Crippen LogP contribution < -0.4 is 5.32 Å². The van der Waals surface area contributed by atoms with Gasteiger partial charge in [-0.1, -0.05) is 18.2 Å². The molecule has 0 atom stereocenters. The fourth-order valence-electron chi connectivity index (χ4n) is 1.78. The predicted octanol–water partition coefficient (Wildman–Crippen LogP) is 3.07. The van der Waals surface area contributed by atoms with E-state index in [1.807, 2.05) is 31.2 Å². The molecule has 1 aromatic heterocycles. The van der Waals surface area contributed by atoms with Crippen LogP contribution in [0.2, 0.25) is 0 Å². The smallest absolute Gasteiger partial charge is 0.310 e. The molecule has 0 aliphatic carbocycles. The van der Waals surface area contributed by atoms with E-state index in [2.05, 4.69) is 16.4 Å². The van der Waals surface area contributed by atoms with E-state index in [9.17, 15) is 4.79 Å². The Hall–Kier alpha value is -2.10. The minimum Gasteiger partial charge on any atom is -0.481 e. The van der Waals surface area contributed by atoms with Gasteiger partial charge in [-0.15, -0.1) is 0 Å². The number of pyridine rings is 1. The van der Waals surface area contributed by atoms with Crippen LogP contribution in [0, 0.1) is 12.3 Å². The number of fused-ring (bicyclic) bond motifs is 1. The summed E-state index contributed by atoms with van der Waals surface area (Å²) >= 11 is 0. The molecule has 4 heteroatoms. The van der Waals surface area contributed by atoms with Crippen LogP contribution in [0.3, 0.4) is 0 Å². The van der Waals surface area contributed by atoms with E-state index >= 15 is 0 Å². The van der Waals surface area contributed by atoms with Crippen LogP contribution in [0.15, 0.2) is 30.3 Å². The molecule has 19 heavy (non-hydrogen) atoms. The zero-order valence-corrected chi connectivity index (χ0v) is 11.4. The molecule has 4 nitrogen and oxygen atoms in total. The summed E-state index contributed by atoms with van der Waals surface area (Å²) in [5.74, 6) is -0.0773. The van der Waals surface area contributed by atoms with Gasteiger partial charge in [0.15, 0.2) is 0 Å². The van der Waals surface area contributed by atoms with Crippen molar-refractivity contribution in [3.63, 3.8) is 0 Å². The van der Waals surface area contributed by atoms with Gasteiger partial charge in [-0.25, -0.2) is 4.98 Å². The van der Waals surface area contributed by atoms with Crippen molar-refractivity contribution in [2.75, 3.05) is 11.9 Å². The number of hydrogen-bond acceptors (Lipinski definition) is 3. The number of benzene rings is 1. The van der Waals surface area contributed by atoms with Crippen LogP contribution in [0.5, 0.6) is 0 Å². The molecule has 0 radical (unpaired) electrons. The lowest BCUT2D eigenvalue weighted by Gasteiger charge is -2.20. The Bertz CT molecular complexity index is 621. The summed E-state index contributed by atoms with van der Waals surface area (Å²) in [6, 6.07) is 9.93. The van der Waals surface area contributed by atoms with Gasteiger partial charge in [-0.05, 0) is 38.5 Å². The van der Waals surface area contributed by atoms with E-state index in [0.717, 1.165) is 22.3 Å².